The second-order valence-electron chi connectivity index (χ2n) is 8.07. The summed E-state index contributed by atoms with van der Waals surface area (Å²) in [5.41, 5.74) is 3.83. The van der Waals surface area contributed by atoms with Gasteiger partial charge in [0.15, 0.2) is 11.4 Å². The Morgan fingerprint density at radius 3 is 1.90 bits per heavy atom. The topological polar surface area (TPSA) is 127 Å². The Morgan fingerprint density at radius 2 is 1.47 bits per heavy atom. The lowest BCUT2D eigenvalue weighted by Crippen LogP contribution is -2.53. The van der Waals surface area contributed by atoms with Gasteiger partial charge < -0.3 is 15.9 Å². The molecule has 0 saturated heterocycles. The molecule has 7 nitrogen and oxygen atoms in total. The van der Waals surface area contributed by atoms with Gasteiger partial charge in [0, 0.05) is 18.6 Å². The fourth-order valence-corrected chi connectivity index (χ4v) is 3.69. The van der Waals surface area contributed by atoms with Crippen molar-refractivity contribution in [3.8, 4) is 0 Å². The van der Waals surface area contributed by atoms with Crippen molar-refractivity contribution < 1.29 is 19.9 Å². The lowest BCUT2D eigenvalue weighted by atomic mass is 9.81. The molecule has 2 atom stereocenters. The van der Waals surface area contributed by atoms with Gasteiger partial charge in [-0.05, 0) is 24.1 Å². The van der Waals surface area contributed by atoms with E-state index in [4.69, 9.17) is 5.73 Å². The van der Waals surface area contributed by atoms with Gasteiger partial charge in [-0.15, -0.1) is 0 Å². The normalized spacial score (nSPS) is 14.3. The number of hydrogen-bond acceptors (Lipinski definition) is 6. The molecule has 2 unspecified atom stereocenters. The fraction of sp³-hybridized carbons (Fsp3) is 0.696. The molecule has 1 aromatic carbocycles. The standard InChI is InChI=1S/C23H38N2O5/c1-2-3-4-5-6-7-8-9-10-11-12-13-22(27)23(28,21(24)18-26)19-14-16-20(17-15-19)25(29)30/h14-17,21,26,28H,2-13,18,24H2,1H3. The van der Waals surface area contributed by atoms with E-state index in [0.29, 0.717) is 6.42 Å². The van der Waals surface area contributed by atoms with E-state index in [0.717, 1.165) is 19.3 Å². The second-order valence-corrected chi connectivity index (χ2v) is 8.07. The number of nitrogens with two attached hydrogens (primary N) is 1. The van der Waals surface area contributed by atoms with E-state index >= 15 is 0 Å². The molecule has 0 spiro atoms. The third-order valence-electron chi connectivity index (χ3n) is 5.68. The number of Topliss-reactive ketones (excluding diaryl/α,β-unsaturated/α-hetero) is 1. The molecule has 0 fully saturated rings. The zero-order valence-corrected chi connectivity index (χ0v) is 18.2. The first-order valence-electron chi connectivity index (χ1n) is 11.2. The third-order valence-corrected chi connectivity index (χ3v) is 5.68. The summed E-state index contributed by atoms with van der Waals surface area (Å²) >= 11 is 0. The summed E-state index contributed by atoms with van der Waals surface area (Å²) in [6, 6.07) is 3.90. The highest BCUT2D eigenvalue weighted by Gasteiger charge is 2.42. The predicted molar refractivity (Wildman–Crippen MR) is 118 cm³/mol. The van der Waals surface area contributed by atoms with E-state index in [2.05, 4.69) is 6.92 Å². The van der Waals surface area contributed by atoms with Crippen molar-refractivity contribution in [2.24, 2.45) is 5.73 Å². The summed E-state index contributed by atoms with van der Waals surface area (Å²) in [5, 5.41) is 31.3. The number of hydrogen-bond donors (Lipinski definition) is 3. The maximum absolute atomic E-state index is 12.8. The molecule has 1 aromatic rings. The molecular formula is C23H38N2O5. The second kappa shape index (κ2) is 14.2. The van der Waals surface area contributed by atoms with E-state index in [-0.39, 0.29) is 17.7 Å². The van der Waals surface area contributed by atoms with Gasteiger partial charge in [0.25, 0.3) is 5.69 Å². The number of non-ortho nitro benzene ring substituents is 1. The lowest BCUT2D eigenvalue weighted by molar-refractivity contribution is -0.384. The predicted octanol–water partition coefficient (Wildman–Crippen LogP) is 4.37. The minimum absolute atomic E-state index is 0.142. The van der Waals surface area contributed by atoms with Crippen LogP contribution in [0, 0.1) is 10.1 Å². The number of unbranched alkanes of at least 4 members (excludes halogenated alkanes) is 10. The summed E-state index contributed by atoms with van der Waals surface area (Å²) in [6.07, 6.45) is 12.9. The Hall–Kier alpha value is -1.83. The van der Waals surface area contributed by atoms with Crippen molar-refractivity contribution in [3.05, 3.63) is 39.9 Å². The van der Waals surface area contributed by atoms with Gasteiger partial charge in [-0.25, -0.2) is 0 Å². The Morgan fingerprint density at radius 1 is 1.00 bits per heavy atom. The van der Waals surface area contributed by atoms with Crippen molar-refractivity contribution in [2.45, 2.75) is 95.6 Å². The highest BCUT2D eigenvalue weighted by atomic mass is 16.6. The van der Waals surface area contributed by atoms with Gasteiger partial charge in [0.1, 0.15) is 0 Å². The first-order chi connectivity index (χ1) is 14.4. The number of nitro groups is 1. The highest BCUT2D eigenvalue weighted by molar-refractivity contribution is 5.89. The van der Waals surface area contributed by atoms with Crippen molar-refractivity contribution in [2.75, 3.05) is 6.61 Å². The summed E-state index contributed by atoms with van der Waals surface area (Å²) in [4.78, 5) is 23.0. The van der Waals surface area contributed by atoms with Crippen LogP contribution in [0.5, 0.6) is 0 Å². The van der Waals surface area contributed by atoms with Gasteiger partial charge in [0.05, 0.1) is 17.6 Å². The van der Waals surface area contributed by atoms with Crippen molar-refractivity contribution in [1.29, 1.82) is 0 Å². The number of rotatable bonds is 17. The Labute approximate surface area is 179 Å². The molecular weight excluding hydrogens is 384 g/mol. The molecule has 0 radical (unpaired) electrons. The van der Waals surface area contributed by atoms with Crippen LogP contribution in [-0.4, -0.2) is 33.6 Å². The molecule has 170 valence electrons. The van der Waals surface area contributed by atoms with Crippen LogP contribution in [0.4, 0.5) is 5.69 Å². The number of carbonyl (C=O) groups is 1. The minimum Gasteiger partial charge on any atom is -0.395 e. The van der Waals surface area contributed by atoms with Crippen LogP contribution in [-0.2, 0) is 10.4 Å². The number of aliphatic hydroxyl groups excluding tert-OH is 1. The Bertz CT molecular complexity index is 635. The molecule has 0 bridgehead atoms. The number of benzene rings is 1. The van der Waals surface area contributed by atoms with Crippen molar-refractivity contribution >= 4 is 11.5 Å². The number of aliphatic hydroxyl groups is 2. The SMILES string of the molecule is CCCCCCCCCCCCCC(=O)C(O)(c1ccc([N+](=O)[O-])cc1)C(N)CO. The summed E-state index contributed by atoms with van der Waals surface area (Å²) in [7, 11) is 0. The molecule has 1 rings (SSSR count). The van der Waals surface area contributed by atoms with Gasteiger partial charge in [-0.3, -0.25) is 14.9 Å². The average molecular weight is 423 g/mol. The Balaban J connectivity index is 2.46. The van der Waals surface area contributed by atoms with E-state index in [9.17, 15) is 25.1 Å². The van der Waals surface area contributed by atoms with Crippen LogP contribution in [0.2, 0.25) is 0 Å². The first-order valence-corrected chi connectivity index (χ1v) is 11.2. The van der Waals surface area contributed by atoms with Crippen LogP contribution in [0.3, 0.4) is 0 Å². The van der Waals surface area contributed by atoms with E-state index < -0.39 is 29.0 Å². The highest BCUT2D eigenvalue weighted by Crippen LogP contribution is 2.29. The van der Waals surface area contributed by atoms with Gasteiger partial charge in [-0.1, -0.05) is 71.1 Å². The lowest BCUT2D eigenvalue weighted by Gasteiger charge is -2.32. The third kappa shape index (κ3) is 8.13. The van der Waals surface area contributed by atoms with Crippen molar-refractivity contribution in [1.82, 2.24) is 0 Å². The molecule has 0 aliphatic rings. The van der Waals surface area contributed by atoms with Crippen LogP contribution in [0.25, 0.3) is 0 Å². The summed E-state index contributed by atoms with van der Waals surface area (Å²) < 4.78 is 0. The molecule has 0 aliphatic carbocycles. The molecule has 0 saturated carbocycles. The molecule has 4 N–H and O–H groups in total. The Kier molecular flexibility index (Phi) is 12.4. The zero-order chi connectivity index (χ0) is 22.4. The molecule has 0 aromatic heterocycles. The quantitative estimate of drug-likeness (QED) is 0.194. The molecule has 0 amide bonds. The monoisotopic (exact) mass is 422 g/mol. The van der Waals surface area contributed by atoms with Gasteiger partial charge in [-0.2, -0.15) is 0 Å². The molecule has 0 heterocycles. The minimum atomic E-state index is -2.05. The van der Waals surface area contributed by atoms with E-state index in [1.54, 1.807) is 0 Å². The van der Waals surface area contributed by atoms with E-state index in [1.165, 1.54) is 69.2 Å². The van der Waals surface area contributed by atoms with Crippen LogP contribution >= 0.6 is 0 Å². The van der Waals surface area contributed by atoms with Gasteiger partial charge >= 0.3 is 0 Å². The number of nitrogens with zero attached hydrogens (tertiary/aromatic N) is 1. The maximum atomic E-state index is 12.8. The summed E-state index contributed by atoms with van der Waals surface area (Å²) in [5.74, 6) is -0.464. The zero-order valence-electron chi connectivity index (χ0n) is 18.2. The average Bonchev–Trinajstić information content (AvgIpc) is 2.76. The largest absolute Gasteiger partial charge is 0.395 e. The number of nitro benzene ring substituents is 1. The van der Waals surface area contributed by atoms with Crippen LogP contribution in [0.1, 0.15) is 89.5 Å². The van der Waals surface area contributed by atoms with Crippen molar-refractivity contribution in [3.63, 3.8) is 0 Å². The van der Waals surface area contributed by atoms with E-state index in [1.807, 2.05) is 0 Å². The van der Waals surface area contributed by atoms with Crippen LogP contribution < -0.4 is 5.73 Å². The molecule has 7 heteroatoms. The molecule has 30 heavy (non-hydrogen) atoms. The van der Waals surface area contributed by atoms with Gasteiger partial charge in [0.2, 0.25) is 0 Å². The number of carbonyl (C=O) groups excluding carboxylic acids is 1. The fourth-order valence-electron chi connectivity index (χ4n) is 3.69. The maximum Gasteiger partial charge on any atom is 0.269 e. The van der Waals surface area contributed by atoms with Crippen LogP contribution in [0.15, 0.2) is 24.3 Å². The first kappa shape index (κ1) is 26.2. The number of ketones is 1. The summed E-state index contributed by atoms with van der Waals surface area (Å²) in [6.45, 7) is 1.65. The smallest absolute Gasteiger partial charge is 0.269 e. The molecule has 0 aliphatic heterocycles.